The average Bonchev–Trinajstić information content (AvgIpc) is 2.27. The molecule has 0 radical (unpaired) electrons. The number of benzene rings is 1. The van der Waals surface area contributed by atoms with Gasteiger partial charge in [0.05, 0.1) is 5.60 Å². The fourth-order valence-electron chi connectivity index (χ4n) is 1.35. The monoisotopic (exact) mass is 269 g/mol. The number of hydrogen-bond acceptors (Lipinski definition) is 3. The minimum atomic E-state index is -1.11. The van der Waals surface area contributed by atoms with Crippen molar-refractivity contribution in [2.75, 3.05) is 6.54 Å². The molecule has 1 rings (SSSR count). The summed E-state index contributed by atoms with van der Waals surface area (Å²) in [6, 6.07) is 5.45. The summed E-state index contributed by atoms with van der Waals surface area (Å²) in [6.07, 6.45) is 0. The van der Waals surface area contributed by atoms with E-state index >= 15 is 0 Å². The van der Waals surface area contributed by atoms with Crippen molar-refractivity contribution in [1.82, 2.24) is 5.32 Å². The Morgan fingerprint density at radius 2 is 1.79 bits per heavy atom. The van der Waals surface area contributed by atoms with E-state index in [1.165, 1.54) is 24.3 Å². The molecular formula is C14H20FNO3. The number of carbonyl (C=O) groups is 1. The van der Waals surface area contributed by atoms with Gasteiger partial charge in [0.25, 0.3) is 5.91 Å². The first kappa shape index (κ1) is 15.4. The Labute approximate surface area is 112 Å². The molecule has 0 heterocycles. The van der Waals surface area contributed by atoms with Crippen molar-refractivity contribution in [3.05, 3.63) is 30.1 Å². The Morgan fingerprint density at radius 1 is 1.26 bits per heavy atom. The lowest BCUT2D eigenvalue weighted by Gasteiger charge is -2.27. The highest BCUT2D eigenvalue weighted by atomic mass is 19.1. The molecule has 0 aliphatic heterocycles. The molecule has 1 aromatic carbocycles. The minimum Gasteiger partial charge on any atom is -0.478 e. The molecule has 0 atom stereocenters. The van der Waals surface area contributed by atoms with Crippen molar-refractivity contribution in [2.24, 2.45) is 0 Å². The van der Waals surface area contributed by atoms with Crippen molar-refractivity contribution >= 4 is 5.91 Å². The molecule has 0 aliphatic rings. The molecule has 0 saturated carbocycles. The zero-order valence-electron chi connectivity index (χ0n) is 11.7. The zero-order chi connectivity index (χ0) is 14.7. The molecule has 0 bridgehead atoms. The molecule has 1 aromatic rings. The number of amides is 1. The molecule has 2 N–H and O–H groups in total. The predicted molar refractivity (Wildman–Crippen MR) is 70.4 cm³/mol. The van der Waals surface area contributed by atoms with Crippen molar-refractivity contribution in [3.8, 4) is 5.75 Å². The van der Waals surface area contributed by atoms with Gasteiger partial charge in [-0.1, -0.05) is 0 Å². The number of aliphatic hydroxyl groups is 1. The maximum absolute atomic E-state index is 12.8. The molecule has 5 heteroatoms. The quantitative estimate of drug-likeness (QED) is 0.858. The average molecular weight is 269 g/mol. The van der Waals surface area contributed by atoms with Crippen LogP contribution in [0.2, 0.25) is 0 Å². The SMILES string of the molecule is CC(C)(O)CNC(=O)C(C)(C)Oc1ccc(F)cc1. The summed E-state index contributed by atoms with van der Waals surface area (Å²) in [7, 11) is 0. The topological polar surface area (TPSA) is 58.6 Å². The Kier molecular flexibility index (Phi) is 4.52. The van der Waals surface area contributed by atoms with Gasteiger partial charge in [-0.05, 0) is 52.0 Å². The lowest BCUT2D eigenvalue weighted by atomic mass is 10.1. The molecule has 0 fully saturated rings. The first-order chi connectivity index (χ1) is 8.60. The van der Waals surface area contributed by atoms with Crippen molar-refractivity contribution in [2.45, 2.75) is 38.9 Å². The Morgan fingerprint density at radius 3 is 2.26 bits per heavy atom. The number of nitrogens with one attached hydrogen (secondary N) is 1. The normalized spacial score (nSPS) is 12.1. The van der Waals surface area contributed by atoms with Crippen LogP contribution in [0.4, 0.5) is 4.39 Å². The minimum absolute atomic E-state index is 0.127. The second kappa shape index (κ2) is 5.57. The van der Waals surface area contributed by atoms with E-state index in [1.54, 1.807) is 27.7 Å². The van der Waals surface area contributed by atoms with Crippen LogP contribution in [0.15, 0.2) is 24.3 Å². The van der Waals surface area contributed by atoms with Crippen LogP contribution in [0.25, 0.3) is 0 Å². The molecule has 19 heavy (non-hydrogen) atoms. The van der Waals surface area contributed by atoms with E-state index in [1.807, 2.05) is 0 Å². The smallest absolute Gasteiger partial charge is 0.263 e. The molecule has 0 saturated heterocycles. The maximum atomic E-state index is 12.8. The largest absolute Gasteiger partial charge is 0.478 e. The molecule has 106 valence electrons. The standard InChI is InChI=1S/C14H20FNO3/c1-13(2,18)9-16-12(17)14(3,4)19-11-7-5-10(15)6-8-11/h5-8,18H,9H2,1-4H3,(H,16,17). The summed E-state index contributed by atoms with van der Waals surface area (Å²) in [5.74, 6) is -0.305. The molecule has 1 amide bonds. The molecule has 0 aromatic heterocycles. The van der Waals surface area contributed by atoms with Crippen LogP contribution in [0.3, 0.4) is 0 Å². The van der Waals surface area contributed by atoms with E-state index in [0.29, 0.717) is 5.75 Å². The third-order valence-electron chi connectivity index (χ3n) is 2.42. The highest BCUT2D eigenvalue weighted by Crippen LogP contribution is 2.19. The zero-order valence-corrected chi connectivity index (χ0v) is 11.7. The summed E-state index contributed by atoms with van der Waals surface area (Å²) in [4.78, 5) is 12.0. The first-order valence-corrected chi connectivity index (χ1v) is 6.05. The van der Waals surface area contributed by atoms with Crippen LogP contribution in [0, 0.1) is 5.82 Å². The van der Waals surface area contributed by atoms with Crippen LogP contribution >= 0.6 is 0 Å². The Hall–Kier alpha value is -1.62. The highest BCUT2D eigenvalue weighted by Gasteiger charge is 2.30. The fraction of sp³-hybridized carbons (Fsp3) is 0.500. The van der Waals surface area contributed by atoms with Crippen LogP contribution in [0.1, 0.15) is 27.7 Å². The lowest BCUT2D eigenvalue weighted by Crippen LogP contribution is -2.50. The predicted octanol–water partition coefficient (Wildman–Crippen LogP) is 1.87. The summed E-state index contributed by atoms with van der Waals surface area (Å²) in [5.41, 5.74) is -2.09. The van der Waals surface area contributed by atoms with Gasteiger partial charge in [-0.3, -0.25) is 4.79 Å². The van der Waals surface area contributed by atoms with Gasteiger partial charge in [0, 0.05) is 6.54 Å². The van der Waals surface area contributed by atoms with Gasteiger partial charge in [0.15, 0.2) is 5.60 Å². The summed E-state index contributed by atoms with van der Waals surface area (Å²) >= 11 is 0. The second-order valence-electron chi connectivity index (χ2n) is 5.56. The first-order valence-electron chi connectivity index (χ1n) is 6.05. The van der Waals surface area contributed by atoms with Crippen LogP contribution < -0.4 is 10.1 Å². The van der Waals surface area contributed by atoms with Crippen molar-refractivity contribution < 1.29 is 19.0 Å². The van der Waals surface area contributed by atoms with Gasteiger partial charge in [-0.25, -0.2) is 4.39 Å². The third-order valence-corrected chi connectivity index (χ3v) is 2.42. The van der Waals surface area contributed by atoms with E-state index in [-0.39, 0.29) is 18.3 Å². The number of halogens is 1. The molecule has 0 spiro atoms. The summed E-state index contributed by atoms with van der Waals surface area (Å²) in [6.45, 7) is 6.54. The van der Waals surface area contributed by atoms with Gasteiger partial charge in [-0.15, -0.1) is 0 Å². The van der Waals surface area contributed by atoms with Crippen LogP contribution in [0.5, 0.6) is 5.75 Å². The number of ether oxygens (including phenoxy) is 1. The maximum Gasteiger partial charge on any atom is 0.263 e. The number of carbonyl (C=O) groups excluding carboxylic acids is 1. The Balaban J connectivity index is 2.64. The van der Waals surface area contributed by atoms with Crippen LogP contribution in [-0.2, 0) is 4.79 Å². The molecule has 0 unspecified atom stereocenters. The van der Waals surface area contributed by atoms with E-state index in [9.17, 15) is 14.3 Å². The van der Waals surface area contributed by atoms with E-state index in [4.69, 9.17) is 4.74 Å². The molecule has 0 aliphatic carbocycles. The highest BCUT2D eigenvalue weighted by molar-refractivity contribution is 5.84. The summed E-state index contributed by atoms with van der Waals surface area (Å²) < 4.78 is 18.3. The second-order valence-corrected chi connectivity index (χ2v) is 5.56. The van der Waals surface area contributed by atoms with E-state index < -0.39 is 11.2 Å². The van der Waals surface area contributed by atoms with Gasteiger partial charge < -0.3 is 15.2 Å². The lowest BCUT2D eigenvalue weighted by molar-refractivity contribution is -0.135. The number of rotatable bonds is 5. The van der Waals surface area contributed by atoms with Gasteiger partial charge in [-0.2, -0.15) is 0 Å². The van der Waals surface area contributed by atoms with Crippen molar-refractivity contribution in [1.29, 1.82) is 0 Å². The van der Waals surface area contributed by atoms with Gasteiger partial charge in [0.2, 0.25) is 0 Å². The van der Waals surface area contributed by atoms with Crippen LogP contribution in [-0.4, -0.2) is 28.8 Å². The van der Waals surface area contributed by atoms with Gasteiger partial charge in [0.1, 0.15) is 11.6 Å². The molecule has 4 nitrogen and oxygen atoms in total. The number of hydrogen-bond donors (Lipinski definition) is 2. The van der Waals surface area contributed by atoms with Crippen molar-refractivity contribution in [3.63, 3.8) is 0 Å². The van der Waals surface area contributed by atoms with E-state index in [2.05, 4.69) is 5.32 Å². The molecular weight excluding hydrogens is 249 g/mol. The Bertz CT molecular complexity index is 435. The fourth-order valence-corrected chi connectivity index (χ4v) is 1.35. The van der Waals surface area contributed by atoms with Gasteiger partial charge >= 0.3 is 0 Å². The summed E-state index contributed by atoms with van der Waals surface area (Å²) in [5, 5.41) is 12.2. The van der Waals surface area contributed by atoms with E-state index in [0.717, 1.165) is 0 Å². The third kappa shape index (κ3) is 5.26.